The predicted octanol–water partition coefficient (Wildman–Crippen LogP) is -2.90. The van der Waals surface area contributed by atoms with Gasteiger partial charge in [0.15, 0.2) is 0 Å². The maximum atomic E-state index is 11.7. The molecule has 0 bridgehead atoms. The molecule has 11 nitrogen and oxygen atoms in total. The van der Waals surface area contributed by atoms with Crippen LogP contribution in [0.1, 0.15) is 12.6 Å². The molecule has 0 fully saturated rings. The maximum Gasteiger partial charge on any atom is 0.326 e. The van der Waals surface area contributed by atoms with Gasteiger partial charge in [-0.15, -0.1) is 0 Å². The first-order valence-electron chi connectivity index (χ1n) is 7.09. The first-order valence-corrected chi connectivity index (χ1v) is 7.09. The molecule has 1 aromatic rings. The SMILES string of the molecule is CC(N)C(=O)NCC(=O)NCC(=O)NC(Cc1cnc[nH]1)C(=O)O. The summed E-state index contributed by atoms with van der Waals surface area (Å²) in [7, 11) is 0. The number of carbonyl (C=O) groups is 4. The van der Waals surface area contributed by atoms with Crippen LogP contribution < -0.4 is 21.7 Å². The summed E-state index contributed by atoms with van der Waals surface area (Å²) in [6, 6.07) is -1.91. The lowest BCUT2D eigenvalue weighted by atomic mass is 10.1. The van der Waals surface area contributed by atoms with Gasteiger partial charge in [0.25, 0.3) is 0 Å². The van der Waals surface area contributed by atoms with Gasteiger partial charge in [0.05, 0.1) is 25.5 Å². The minimum atomic E-state index is -1.21. The number of H-pyrrole nitrogens is 1. The molecule has 7 N–H and O–H groups in total. The van der Waals surface area contributed by atoms with E-state index in [0.29, 0.717) is 5.69 Å². The van der Waals surface area contributed by atoms with Crippen molar-refractivity contribution in [1.29, 1.82) is 0 Å². The zero-order valence-electron chi connectivity index (χ0n) is 13.0. The van der Waals surface area contributed by atoms with E-state index < -0.39 is 42.3 Å². The molecule has 1 rings (SSSR count). The summed E-state index contributed by atoms with van der Waals surface area (Å²) in [5.74, 6) is -2.98. The predicted molar refractivity (Wildman–Crippen MR) is 81.5 cm³/mol. The summed E-state index contributed by atoms with van der Waals surface area (Å²) in [4.78, 5) is 52.0. The van der Waals surface area contributed by atoms with Crippen molar-refractivity contribution in [3.05, 3.63) is 18.2 Å². The van der Waals surface area contributed by atoms with E-state index in [1.807, 2.05) is 0 Å². The number of hydrogen-bond donors (Lipinski definition) is 6. The largest absolute Gasteiger partial charge is 0.480 e. The highest BCUT2D eigenvalue weighted by atomic mass is 16.4. The van der Waals surface area contributed by atoms with E-state index in [1.54, 1.807) is 0 Å². The molecule has 0 radical (unpaired) electrons. The molecule has 0 saturated carbocycles. The number of aromatic nitrogens is 2. The number of rotatable bonds is 9. The van der Waals surface area contributed by atoms with Crippen molar-refractivity contribution in [2.75, 3.05) is 13.1 Å². The van der Waals surface area contributed by atoms with Crippen molar-refractivity contribution in [3.63, 3.8) is 0 Å². The summed E-state index contributed by atoms with van der Waals surface area (Å²) in [5, 5.41) is 15.9. The molecule has 0 spiro atoms. The number of amides is 3. The molecule has 0 saturated heterocycles. The molecule has 1 heterocycles. The van der Waals surface area contributed by atoms with Crippen molar-refractivity contribution < 1.29 is 24.3 Å². The highest BCUT2D eigenvalue weighted by Crippen LogP contribution is 1.98. The van der Waals surface area contributed by atoms with Crippen LogP contribution in [0.5, 0.6) is 0 Å². The van der Waals surface area contributed by atoms with Crippen LogP contribution >= 0.6 is 0 Å². The minimum absolute atomic E-state index is 0.0272. The summed E-state index contributed by atoms with van der Waals surface area (Å²) >= 11 is 0. The molecule has 2 unspecified atom stereocenters. The minimum Gasteiger partial charge on any atom is -0.480 e. The van der Waals surface area contributed by atoms with E-state index in [0.717, 1.165) is 0 Å². The molecule has 0 aliphatic carbocycles. The van der Waals surface area contributed by atoms with Crippen LogP contribution in [0.2, 0.25) is 0 Å². The van der Waals surface area contributed by atoms with Crippen LogP contribution in [-0.2, 0) is 25.6 Å². The fourth-order valence-corrected chi connectivity index (χ4v) is 1.63. The zero-order chi connectivity index (χ0) is 18.1. The van der Waals surface area contributed by atoms with Gasteiger partial charge >= 0.3 is 5.97 Å². The standard InChI is InChI=1S/C13H20N6O5/c1-7(14)12(22)17-4-10(20)16-5-11(21)19-9(13(23)24)2-8-3-15-6-18-8/h3,6-7,9H,2,4-5,14H2,1H3,(H,15,18)(H,16,20)(H,17,22)(H,19,21)(H,23,24). The maximum absolute atomic E-state index is 11.7. The van der Waals surface area contributed by atoms with Gasteiger partial charge in [-0.05, 0) is 6.92 Å². The van der Waals surface area contributed by atoms with E-state index in [1.165, 1.54) is 19.4 Å². The first kappa shape index (κ1) is 19.1. The van der Waals surface area contributed by atoms with Crippen molar-refractivity contribution in [2.24, 2.45) is 5.73 Å². The fraction of sp³-hybridized carbons (Fsp3) is 0.462. The smallest absolute Gasteiger partial charge is 0.326 e. The van der Waals surface area contributed by atoms with Crippen molar-refractivity contribution in [2.45, 2.75) is 25.4 Å². The van der Waals surface area contributed by atoms with Gasteiger partial charge in [0.2, 0.25) is 17.7 Å². The molecule has 132 valence electrons. The number of aromatic amines is 1. The van der Waals surface area contributed by atoms with Crippen LogP contribution in [-0.4, -0.2) is 63.9 Å². The van der Waals surface area contributed by atoms with Crippen LogP contribution in [0.3, 0.4) is 0 Å². The van der Waals surface area contributed by atoms with Gasteiger partial charge in [0.1, 0.15) is 6.04 Å². The van der Waals surface area contributed by atoms with Crippen molar-refractivity contribution in [3.8, 4) is 0 Å². The Morgan fingerprint density at radius 3 is 2.46 bits per heavy atom. The number of carbonyl (C=O) groups excluding carboxylic acids is 3. The fourth-order valence-electron chi connectivity index (χ4n) is 1.63. The normalized spacial score (nSPS) is 12.8. The summed E-state index contributed by atoms with van der Waals surface area (Å²) < 4.78 is 0. The second-order valence-electron chi connectivity index (χ2n) is 5.02. The lowest BCUT2D eigenvalue weighted by Gasteiger charge is -2.14. The first-order chi connectivity index (χ1) is 11.3. The average Bonchev–Trinajstić information content (AvgIpc) is 3.02. The van der Waals surface area contributed by atoms with Crippen molar-refractivity contribution in [1.82, 2.24) is 25.9 Å². The summed E-state index contributed by atoms with van der Waals surface area (Å²) in [5.41, 5.74) is 5.86. The topological polar surface area (TPSA) is 179 Å². The van der Waals surface area contributed by atoms with E-state index in [-0.39, 0.29) is 13.0 Å². The molecular formula is C13H20N6O5. The quantitative estimate of drug-likeness (QED) is 0.279. The van der Waals surface area contributed by atoms with E-state index in [9.17, 15) is 19.2 Å². The highest BCUT2D eigenvalue weighted by molar-refractivity contribution is 5.90. The van der Waals surface area contributed by atoms with E-state index in [2.05, 4.69) is 25.9 Å². The monoisotopic (exact) mass is 340 g/mol. The Kier molecular flexibility index (Phi) is 7.36. The molecule has 11 heteroatoms. The highest BCUT2D eigenvalue weighted by Gasteiger charge is 2.21. The molecule has 1 aromatic heterocycles. The third-order valence-electron chi connectivity index (χ3n) is 2.90. The third-order valence-corrected chi connectivity index (χ3v) is 2.90. The number of imidazole rings is 1. The van der Waals surface area contributed by atoms with Crippen LogP contribution in [0.4, 0.5) is 0 Å². The summed E-state index contributed by atoms with van der Waals surface area (Å²) in [6.07, 6.45) is 2.87. The number of aliphatic carboxylic acids is 1. The molecular weight excluding hydrogens is 320 g/mol. The van der Waals surface area contributed by atoms with E-state index in [4.69, 9.17) is 10.8 Å². The molecule has 2 atom stereocenters. The number of carboxylic acid groups (broad SMARTS) is 1. The Labute approximate surface area is 137 Å². The Morgan fingerprint density at radius 1 is 1.25 bits per heavy atom. The molecule has 0 aromatic carbocycles. The lowest BCUT2D eigenvalue weighted by molar-refractivity contribution is -0.141. The third kappa shape index (κ3) is 6.87. The Bertz CT molecular complexity index is 586. The second-order valence-corrected chi connectivity index (χ2v) is 5.02. The van der Waals surface area contributed by atoms with Crippen LogP contribution in [0, 0.1) is 0 Å². The lowest BCUT2D eigenvalue weighted by Crippen LogP contribution is -2.48. The zero-order valence-corrected chi connectivity index (χ0v) is 13.0. The van der Waals surface area contributed by atoms with Gasteiger partial charge < -0.3 is 31.8 Å². The van der Waals surface area contributed by atoms with Gasteiger partial charge in [-0.25, -0.2) is 9.78 Å². The molecule has 0 aliphatic heterocycles. The Hall–Kier alpha value is -2.95. The summed E-state index contributed by atoms with van der Waals surface area (Å²) in [6.45, 7) is 0.718. The van der Waals surface area contributed by atoms with Crippen LogP contribution in [0.25, 0.3) is 0 Å². The van der Waals surface area contributed by atoms with Crippen LogP contribution in [0.15, 0.2) is 12.5 Å². The Balaban J connectivity index is 2.36. The van der Waals surface area contributed by atoms with E-state index >= 15 is 0 Å². The molecule has 0 aliphatic rings. The van der Waals surface area contributed by atoms with Crippen molar-refractivity contribution >= 4 is 23.7 Å². The van der Waals surface area contributed by atoms with Gasteiger partial charge in [-0.3, -0.25) is 14.4 Å². The van der Waals surface area contributed by atoms with Gasteiger partial charge in [0, 0.05) is 18.3 Å². The molecule has 24 heavy (non-hydrogen) atoms. The average molecular weight is 340 g/mol. The number of hydrogen-bond acceptors (Lipinski definition) is 6. The molecule has 3 amide bonds. The van der Waals surface area contributed by atoms with Gasteiger partial charge in [-0.1, -0.05) is 0 Å². The number of carboxylic acids is 1. The number of nitrogens with two attached hydrogens (primary N) is 1. The van der Waals surface area contributed by atoms with Gasteiger partial charge in [-0.2, -0.15) is 0 Å². The second kappa shape index (κ2) is 9.25. The number of nitrogens with one attached hydrogen (secondary N) is 4. The Morgan fingerprint density at radius 2 is 1.92 bits per heavy atom. The number of nitrogens with zero attached hydrogens (tertiary/aromatic N) is 1.